The Morgan fingerprint density at radius 1 is 1.00 bits per heavy atom. The van der Waals surface area contributed by atoms with Crippen molar-refractivity contribution in [3.05, 3.63) is 53.5 Å². The number of rotatable bonds is 4. The van der Waals surface area contributed by atoms with Gasteiger partial charge in [-0.1, -0.05) is 12.8 Å². The molecule has 1 saturated carbocycles. The number of aromatic nitrogens is 8. The highest BCUT2D eigenvalue weighted by Gasteiger charge is 2.23. The number of aryl methyl sites for hydroxylation is 2. The summed E-state index contributed by atoms with van der Waals surface area (Å²) in [5.41, 5.74) is 4.30. The van der Waals surface area contributed by atoms with E-state index in [1.807, 2.05) is 36.0 Å². The third-order valence-electron chi connectivity index (χ3n) is 6.28. The molecule has 5 heterocycles. The molecular formula is C22H23N9O. The Kier molecular flexibility index (Phi) is 4.14. The largest absolute Gasteiger partial charge is 0.329 e. The number of nitrogens with zero attached hydrogens (tertiary/aromatic N) is 8. The number of hydrogen-bond acceptors (Lipinski definition) is 6. The van der Waals surface area contributed by atoms with Crippen molar-refractivity contribution >= 4 is 28.3 Å². The molecule has 1 aliphatic rings. The number of anilines is 2. The molecule has 0 aromatic carbocycles. The van der Waals surface area contributed by atoms with Crippen LogP contribution >= 0.6 is 0 Å². The lowest BCUT2D eigenvalue weighted by molar-refractivity contribution is 0.509. The maximum absolute atomic E-state index is 12.9. The molecule has 10 heteroatoms. The first-order valence-electron chi connectivity index (χ1n) is 10.8. The van der Waals surface area contributed by atoms with Crippen LogP contribution in [-0.4, -0.2) is 38.5 Å². The molecule has 1 N–H and O–H groups in total. The molecule has 0 atom stereocenters. The lowest BCUT2D eigenvalue weighted by Gasteiger charge is -2.12. The second-order valence-electron chi connectivity index (χ2n) is 8.37. The van der Waals surface area contributed by atoms with Gasteiger partial charge < -0.3 is 5.32 Å². The van der Waals surface area contributed by atoms with Gasteiger partial charge in [0.2, 0.25) is 0 Å². The van der Waals surface area contributed by atoms with Gasteiger partial charge in [-0.15, -0.1) is 5.10 Å². The monoisotopic (exact) mass is 429 g/mol. The van der Waals surface area contributed by atoms with E-state index in [4.69, 9.17) is 5.10 Å². The first-order chi connectivity index (χ1) is 15.6. The van der Waals surface area contributed by atoms with Crippen LogP contribution in [0.3, 0.4) is 0 Å². The minimum Gasteiger partial charge on any atom is -0.323 e. The van der Waals surface area contributed by atoms with Crippen LogP contribution in [0.25, 0.3) is 27.9 Å². The molecule has 0 spiro atoms. The second kappa shape index (κ2) is 7.04. The van der Waals surface area contributed by atoms with Crippen molar-refractivity contribution < 1.29 is 0 Å². The molecule has 0 radical (unpaired) electrons. The number of imidazole rings is 2. The molecule has 0 bridgehead atoms. The van der Waals surface area contributed by atoms with Crippen LogP contribution in [0.1, 0.15) is 31.7 Å². The van der Waals surface area contributed by atoms with Crippen molar-refractivity contribution in [1.29, 1.82) is 0 Å². The molecule has 0 unspecified atom stereocenters. The van der Waals surface area contributed by atoms with Gasteiger partial charge in [-0.05, 0) is 25.0 Å². The van der Waals surface area contributed by atoms with Crippen molar-refractivity contribution in [3.8, 4) is 11.3 Å². The summed E-state index contributed by atoms with van der Waals surface area (Å²) in [7, 11) is 3.68. The van der Waals surface area contributed by atoms with E-state index in [9.17, 15) is 4.79 Å². The lowest BCUT2D eigenvalue weighted by atomic mass is 10.2. The Bertz CT molecular complexity index is 1510. The normalized spacial score (nSPS) is 14.7. The number of fused-ring (bicyclic) bond motifs is 2. The quantitative estimate of drug-likeness (QED) is 0.471. The van der Waals surface area contributed by atoms with Gasteiger partial charge in [0.1, 0.15) is 5.82 Å². The number of pyridine rings is 1. The molecule has 0 aliphatic heterocycles. The van der Waals surface area contributed by atoms with Crippen molar-refractivity contribution in [2.45, 2.75) is 31.7 Å². The van der Waals surface area contributed by atoms with E-state index in [1.165, 1.54) is 0 Å². The van der Waals surface area contributed by atoms with Gasteiger partial charge in [-0.25, -0.2) is 19.3 Å². The summed E-state index contributed by atoms with van der Waals surface area (Å²) in [6.07, 6.45) is 11.7. The molecule has 5 aromatic heterocycles. The summed E-state index contributed by atoms with van der Waals surface area (Å²) in [5, 5.41) is 12.2. The van der Waals surface area contributed by atoms with Crippen LogP contribution in [0.4, 0.5) is 11.6 Å². The van der Waals surface area contributed by atoms with Gasteiger partial charge >= 0.3 is 5.69 Å². The van der Waals surface area contributed by atoms with E-state index in [-0.39, 0.29) is 11.7 Å². The van der Waals surface area contributed by atoms with Crippen LogP contribution in [0.5, 0.6) is 0 Å². The van der Waals surface area contributed by atoms with Gasteiger partial charge in [0.15, 0.2) is 11.5 Å². The highest BCUT2D eigenvalue weighted by atomic mass is 16.1. The molecule has 5 aromatic rings. The highest BCUT2D eigenvalue weighted by Crippen LogP contribution is 2.31. The summed E-state index contributed by atoms with van der Waals surface area (Å²) >= 11 is 0. The smallest absolute Gasteiger partial charge is 0.323 e. The van der Waals surface area contributed by atoms with Crippen molar-refractivity contribution in [3.63, 3.8) is 0 Å². The van der Waals surface area contributed by atoms with Crippen molar-refractivity contribution in [2.24, 2.45) is 14.1 Å². The molecule has 0 amide bonds. The predicted molar refractivity (Wildman–Crippen MR) is 121 cm³/mol. The van der Waals surface area contributed by atoms with Crippen molar-refractivity contribution in [1.82, 2.24) is 38.5 Å². The fourth-order valence-corrected chi connectivity index (χ4v) is 4.66. The Balaban J connectivity index is 1.40. The van der Waals surface area contributed by atoms with E-state index < -0.39 is 0 Å². The summed E-state index contributed by atoms with van der Waals surface area (Å²) in [6.45, 7) is 0. The van der Waals surface area contributed by atoms with Gasteiger partial charge in [-0.2, -0.15) is 5.10 Å². The van der Waals surface area contributed by atoms with Crippen molar-refractivity contribution in [2.75, 3.05) is 5.32 Å². The van der Waals surface area contributed by atoms with Crippen LogP contribution < -0.4 is 11.0 Å². The molecule has 32 heavy (non-hydrogen) atoms. The summed E-state index contributed by atoms with van der Waals surface area (Å²) < 4.78 is 7.15. The van der Waals surface area contributed by atoms with E-state index in [0.717, 1.165) is 53.6 Å². The van der Waals surface area contributed by atoms with E-state index in [0.29, 0.717) is 11.6 Å². The van der Waals surface area contributed by atoms with E-state index in [2.05, 4.69) is 20.4 Å². The van der Waals surface area contributed by atoms with Gasteiger partial charge in [0.25, 0.3) is 0 Å². The average Bonchev–Trinajstić information content (AvgIpc) is 3.57. The Morgan fingerprint density at radius 3 is 2.62 bits per heavy atom. The molecule has 6 rings (SSSR count). The zero-order valence-corrected chi connectivity index (χ0v) is 17.9. The summed E-state index contributed by atoms with van der Waals surface area (Å²) in [6, 6.07) is 5.97. The highest BCUT2D eigenvalue weighted by molar-refractivity contribution is 5.79. The fraction of sp³-hybridized carbons (Fsp3) is 0.318. The van der Waals surface area contributed by atoms with Crippen LogP contribution in [0, 0.1) is 0 Å². The van der Waals surface area contributed by atoms with Gasteiger partial charge in [0.05, 0.1) is 35.3 Å². The minimum absolute atomic E-state index is 0.0184. The Morgan fingerprint density at radius 2 is 1.84 bits per heavy atom. The fourth-order valence-electron chi connectivity index (χ4n) is 4.66. The molecular weight excluding hydrogens is 406 g/mol. The third-order valence-corrected chi connectivity index (χ3v) is 6.28. The maximum Gasteiger partial charge on any atom is 0.329 e. The first-order valence-corrected chi connectivity index (χ1v) is 10.8. The average molecular weight is 429 g/mol. The minimum atomic E-state index is 0.0184. The van der Waals surface area contributed by atoms with Crippen LogP contribution in [0.2, 0.25) is 0 Å². The zero-order chi connectivity index (χ0) is 21.8. The Hall–Kier alpha value is -3.95. The predicted octanol–water partition coefficient (Wildman–Crippen LogP) is 3.04. The standard InChI is InChI=1S/C22H23N9O/c1-28-13-14(10-25-28)17-11-24-21-8-7-19(27-31(17)21)26-20-9-16-18(12-23-20)29(2)22(32)30(16)15-5-3-4-6-15/h7-13,15H,3-6H2,1-2H3,(H,23,26,27). The molecule has 0 saturated heterocycles. The van der Waals surface area contributed by atoms with Crippen LogP contribution in [-0.2, 0) is 14.1 Å². The number of hydrogen-bond donors (Lipinski definition) is 1. The molecule has 1 aliphatic carbocycles. The second-order valence-corrected chi connectivity index (χ2v) is 8.37. The summed E-state index contributed by atoms with van der Waals surface area (Å²) in [4.78, 5) is 21.9. The van der Waals surface area contributed by atoms with E-state index >= 15 is 0 Å². The van der Waals surface area contributed by atoms with Gasteiger partial charge in [0, 0.05) is 38.0 Å². The summed E-state index contributed by atoms with van der Waals surface area (Å²) in [5.74, 6) is 1.28. The SMILES string of the molecule is Cn1cc(-c2cnc3ccc(Nc4cc5c(cn4)n(C)c(=O)n5C4CCCC4)nn23)cn1. The third kappa shape index (κ3) is 2.90. The topological polar surface area (TPSA) is 99.9 Å². The molecule has 1 fully saturated rings. The number of nitrogens with one attached hydrogen (secondary N) is 1. The van der Waals surface area contributed by atoms with E-state index in [1.54, 1.807) is 39.4 Å². The lowest BCUT2D eigenvalue weighted by Crippen LogP contribution is -2.24. The van der Waals surface area contributed by atoms with Gasteiger partial charge in [-0.3, -0.25) is 13.8 Å². The Labute approximate surface area is 183 Å². The molecule has 162 valence electrons. The molecule has 10 nitrogen and oxygen atoms in total. The van der Waals surface area contributed by atoms with Crippen LogP contribution in [0.15, 0.2) is 47.8 Å². The first kappa shape index (κ1) is 18.8. The maximum atomic E-state index is 12.9. The zero-order valence-electron chi connectivity index (χ0n) is 17.9.